The van der Waals surface area contributed by atoms with Crippen LogP contribution in [0, 0.1) is 5.82 Å². The number of benzene rings is 1. The standard InChI is InChI=1S/C19H22ClFN4/c1-2-22-18(24-12-14-7-8-17(20)23-11-14)25-13-19(9-10-19)15-5-3-4-6-16(15)21/h3-8,11H,2,9-10,12-13H2,1H3,(H2,22,24,25). The normalized spacial score (nSPS) is 15.7. The minimum atomic E-state index is -0.129. The summed E-state index contributed by atoms with van der Waals surface area (Å²) in [6.45, 7) is 3.95. The summed E-state index contributed by atoms with van der Waals surface area (Å²) in [5, 5.41) is 7.06. The fourth-order valence-corrected chi connectivity index (χ4v) is 2.96. The summed E-state index contributed by atoms with van der Waals surface area (Å²) in [7, 11) is 0. The molecule has 1 aliphatic rings. The van der Waals surface area contributed by atoms with Crippen molar-refractivity contribution in [3.63, 3.8) is 0 Å². The number of pyridine rings is 1. The lowest BCUT2D eigenvalue weighted by Crippen LogP contribution is -2.41. The molecule has 0 radical (unpaired) electrons. The lowest BCUT2D eigenvalue weighted by atomic mass is 9.95. The number of halogens is 2. The van der Waals surface area contributed by atoms with E-state index in [1.807, 2.05) is 25.1 Å². The topological polar surface area (TPSA) is 49.3 Å². The first kappa shape index (κ1) is 17.7. The number of hydrogen-bond donors (Lipinski definition) is 2. The largest absolute Gasteiger partial charge is 0.357 e. The van der Waals surface area contributed by atoms with Crippen molar-refractivity contribution in [2.24, 2.45) is 4.99 Å². The van der Waals surface area contributed by atoms with E-state index >= 15 is 0 Å². The van der Waals surface area contributed by atoms with Crippen LogP contribution in [0.25, 0.3) is 0 Å². The highest BCUT2D eigenvalue weighted by molar-refractivity contribution is 6.29. The Labute approximate surface area is 152 Å². The summed E-state index contributed by atoms with van der Waals surface area (Å²) in [5.41, 5.74) is 1.65. The van der Waals surface area contributed by atoms with Gasteiger partial charge in [-0.2, -0.15) is 0 Å². The van der Waals surface area contributed by atoms with E-state index in [2.05, 4.69) is 20.6 Å². The Kier molecular flexibility index (Phi) is 5.53. The van der Waals surface area contributed by atoms with Gasteiger partial charge in [0.25, 0.3) is 0 Å². The molecule has 3 rings (SSSR count). The molecule has 0 aliphatic heterocycles. The molecule has 25 heavy (non-hydrogen) atoms. The first-order chi connectivity index (χ1) is 12.1. The molecule has 0 unspecified atom stereocenters. The van der Waals surface area contributed by atoms with Crippen LogP contribution in [-0.4, -0.2) is 24.0 Å². The zero-order chi connectivity index (χ0) is 17.7. The van der Waals surface area contributed by atoms with Crippen molar-refractivity contribution in [1.29, 1.82) is 0 Å². The first-order valence-electron chi connectivity index (χ1n) is 8.50. The smallest absolute Gasteiger partial charge is 0.191 e. The third-order valence-corrected chi connectivity index (χ3v) is 4.67. The van der Waals surface area contributed by atoms with Crippen molar-refractivity contribution in [2.75, 3.05) is 13.1 Å². The SMILES string of the molecule is CCNC(=NCc1ccc(Cl)nc1)NCC1(c2ccccc2F)CC1. The minimum Gasteiger partial charge on any atom is -0.357 e. The quantitative estimate of drug-likeness (QED) is 0.469. The van der Waals surface area contributed by atoms with Crippen LogP contribution in [0.3, 0.4) is 0 Å². The Balaban J connectivity index is 1.65. The third-order valence-electron chi connectivity index (χ3n) is 4.45. The van der Waals surface area contributed by atoms with Crippen LogP contribution in [-0.2, 0) is 12.0 Å². The summed E-state index contributed by atoms with van der Waals surface area (Å²) < 4.78 is 14.1. The molecule has 1 heterocycles. The summed E-state index contributed by atoms with van der Waals surface area (Å²) >= 11 is 5.80. The van der Waals surface area contributed by atoms with Gasteiger partial charge in [-0.15, -0.1) is 0 Å². The highest BCUT2D eigenvalue weighted by Crippen LogP contribution is 2.48. The van der Waals surface area contributed by atoms with E-state index < -0.39 is 0 Å². The van der Waals surface area contributed by atoms with Crippen LogP contribution in [0.4, 0.5) is 4.39 Å². The molecular formula is C19H22ClFN4. The maximum absolute atomic E-state index is 14.1. The van der Waals surface area contributed by atoms with Gasteiger partial charge in [0.1, 0.15) is 11.0 Å². The van der Waals surface area contributed by atoms with Gasteiger partial charge in [0.05, 0.1) is 6.54 Å². The summed E-state index contributed by atoms with van der Waals surface area (Å²) in [6, 6.07) is 10.7. The molecule has 2 N–H and O–H groups in total. The molecule has 4 nitrogen and oxygen atoms in total. The van der Waals surface area contributed by atoms with E-state index in [9.17, 15) is 4.39 Å². The van der Waals surface area contributed by atoms with Crippen molar-refractivity contribution < 1.29 is 4.39 Å². The highest BCUT2D eigenvalue weighted by Gasteiger charge is 2.45. The van der Waals surface area contributed by atoms with Crippen molar-refractivity contribution in [2.45, 2.75) is 31.7 Å². The molecule has 1 aromatic heterocycles. The second kappa shape index (κ2) is 7.83. The van der Waals surface area contributed by atoms with Crippen LogP contribution >= 0.6 is 11.6 Å². The Hall–Kier alpha value is -2.14. The number of hydrogen-bond acceptors (Lipinski definition) is 2. The number of rotatable bonds is 6. The lowest BCUT2D eigenvalue weighted by molar-refractivity contribution is 0.559. The van der Waals surface area contributed by atoms with Crippen molar-refractivity contribution in [1.82, 2.24) is 15.6 Å². The zero-order valence-electron chi connectivity index (χ0n) is 14.2. The maximum Gasteiger partial charge on any atom is 0.191 e. The van der Waals surface area contributed by atoms with Crippen LogP contribution in [0.1, 0.15) is 30.9 Å². The van der Waals surface area contributed by atoms with Crippen molar-refractivity contribution >= 4 is 17.6 Å². The van der Waals surface area contributed by atoms with E-state index in [-0.39, 0.29) is 11.2 Å². The maximum atomic E-state index is 14.1. The van der Waals surface area contributed by atoms with Crippen molar-refractivity contribution in [3.05, 3.63) is 64.7 Å². The molecule has 132 valence electrons. The molecule has 1 aromatic carbocycles. The fourth-order valence-electron chi connectivity index (χ4n) is 2.85. The molecule has 0 saturated heterocycles. The van der Waals surface area contributed by atoms with Gasteiger partial charge in [0.2, 0.25) is 0 Å². The van der Waals surface area contributed by atoms with Gasteiger partial charge in [0, 0.05) is 24.7 Å². The molecule has 1 aliphatic carbocycles. The highest BCUT2D eigenvalue weighted by atomic mass is 35.5. The van der Waals surface area contributed by atoms with E-state index in [0.29, 0.717) is 18.2 Å². The Morgan fingerprint density at radius 2 is 2.04 bits per heavy atom. The number of nitrogens with zero attached hydrogens (tertiary/aromatic N) is 2. The second-order valence-corrected chi connectivity index (χ2v) is 6.69. The van der Waals surface area contributed by atoms with Crippen LogP contribution in [0.15, 0.2) is 47.6 Å². The monoisotopic (exact) mass is 360 g/mol. The predicted octanol–water partition coefficient (Wildman–Crippen LogP) is 3.66. The summed E-state index contributed by atoms with van der Waals surface area (Å²) in [5.74, 6) is 0.594. The zero-order valence-corrected chi connectivity index (χ0v) is 15.0. The van der Waals surface area contributed by atoms with Crippen LogP contribution in [0.5, 0.6) is 0 Å². The number of aliphatic imine (C=N–C) groups is 1. The van der Waals surface area contributed by atoms with Gasteiger partial charge in [-0.25, -0.2) is 14.4 Å². The van der Waals surface area contributed by atoms with Crippen LogP contribution in [0.2, 0.25) is 5.15 Å². The average molecular weight is 361 g/mol. The molecule has 2 aromatic rings. The average Bonchev–Trinajstić information content (AvgIpc) is 3.40. The molecule has 0 spiro atoms. The molecular weight excluding hydrogens is 339 g/mol. The summed E-state index contributed by atoms with van der Waals surface area (Å²) in [4.78, 5) is 8.64. The van der Waals surface area contributed by atoms with Gasteiger partial charge < -0.3 is 10.6 Å². The van der Waals surface area contributed by atoms with Gasteiger partial charge in [-0.3, -0.25) is 0 Å². The Morgan fingerprint density at radius 3 is 2.68 bits per heavy atom. The molecule has 0 atom stereocenters. The second-order valence-electron chi connectivity index (χ2n) is 6.30. The predicted molar refractivity (Wildman–Crippen MR) is 99.4 cm³/mol. The molecule has 1 fully saturated rings. The molecule has 6 heteroatoms. The molecule has 0 bridgehead atoms. The Morgan fingerprint density at radius 1 is 1.24 bits per heavy atom. The third kappa shape index (κ3) is 4.48. The van der Waals surface area contributed by atoms with E-state index in [1.54, 1.807) is 18.3 Å². The number of aromatic nitrogens is 1. The fraction of sp³-hybridized carbons (Fsp3) is 0.368. The molecule has 1 saturated carbocycles. The number of nitrogens with one attached hydrogen (secondary N) is 2. The van der Waals surface area contributed by atoms with E-state index in [4.69, 9.17) is 11.6 Å². The van der Waals surface area contributed by atoms with E-state index in [0.717, 1.165) is 36.5 Å². The van der Waals surface area contributed by atoms with Gasteiger partial charge in [-0.1, -0.05) is 35.9 Å². The molecule has 0 amide bonds. The minimum absolute atomic E-state index is 0.122. The van der Waals surface area contributed by atoms with Crippen molar-refractivity contribution in [3.8, 4) is 0 Å². The summed E-state index contributed by atoms with van der Waals surface area (Å²) in [6.07, 6.45) is 3.69. The van der Waals surface area contributed by atoms with Gasteiger partial charge in [0.15, 0.2) is 5.96 Å². The first-order valence-corrected chi connectivity index (χ1v) is 8.88. The van der Waals surface area contributed by atoms with Crippen LogP contribution < -0.4 is 10.6 Å². The number of guanidine groups is 1. The lowest BCUT2D eigenvalue weighted by Gasteiger charge is -2.19. The van der Waals surface area contributed by atoms with E-state index in [1.165, 1.54) is 6.07 Å². The van der Waals surface area contributed by atoms with Gasteiger partial charge in [-0.05, 0) is 43.0 Å². The van der Waals surface area contributed by atoms with Gasteiger partial charge >= 0.3 is 0 Å². The Bertz CT molecular complexity index is 741.